The summed E-state index contributed by atoms with van der Waals surface area (Å²) < 4.78 is 14.8. The minimum absolute atomic E-state index is 0.153. The van der Waals surface area contributed by atoms with Crippen LogP contribution >= 0.6 is 11.6 Å². The lowest BCUT2D eigenvalue weighted by Crippen LogP contribution is -2.49. The summed E-state index contributed by atoms with van der Waals surface area (Å²) in [5.74, 6) is -0.0976. The molecule has 1 aliphatic rings. The number of piperazine rings is 1. The molecule has 0 bridgehead atoms. The monoisotopic (exact) mass is 407 g/mol. The Morgan fingerprint density at radius 1 is 1.21 bits per heavy atom. The molecule has 1 aromatic carbocycles. The van der Waals surface area contributed by atoms with Gasteiger partial charge < -0.3 is 10.2 Å². The smallest absolute Gasteiger partial charge is 0.219 e. The van der Waals surface area contributed by atoms with Crippen molar-refractivity contribution in [2.45, 2.75) is 26.9 Å². The van der Waals surface area contributed by atoms with Crippen molar-refractivity contribution in [2.24, 2.45) is 0 Å². The number of rotatable bonds is 7. The summed E-state index contributed by atoms with van der Waals surface area (Å²) in [7, 11) is 0. The summed E-state index contributed by atoms with van der Waals surface area (Å²) in [6.07, 6.45) is 0. The summed E-state index contributed by atoms with van der Waals surface area (Å²) in [5, 5.41) is 8.58. The third-order valence-corrected chi connectivity index (χ3v) is 5.58. The molecule has 8 heteroatoms. The Morgan fingerprint density at radius 2 is 1.89 bits per heavy atom. The van der Waals surface area contributed by atoms with Crippen LogP contribution in [0.3, 0.4) is 0 Å². The minimum Gasteiger partial charge on any atom is -0.340 e. The fourth-order valence-corrected chi connectivity index (χ4v) is 3.70. The van der Waals surface area contributed by atoms with Gasteiger partial charge in [-0.1, -0.05) is 23.7 Å². The van der Waals surface area contributed by atoms with Crippen LogP contribution in [0.5, 0.6) is 0 Å². The molecule has 3 rings (SSSR count). The summed E-state index contributed by atoms with van der Waals surface area (Å²) in [4.78, 5) is 15.6. The van der Waals surface area contributed by atoms with E-state index in [0.29, 0.717) is 18.2 Å². The number of benzene rings is 1. The first kappa shape index (κ1) is 20.8. The molecule has 0 spiro atoms. The third-order valence-electron chi connectivity index (χ3n) is 5.15. The van der Waals surface area contributed by atoms with Crippen molar-refractivity contribution in [1.82, 2.24) is 24.9 Å². The molecule has 0 aliphatic carbocycles. The predicted molar refractivity (Wildman–Crippen MR) is 108 cm³/mol. The molecule has 152 valence electrons. The van der Waals surface area contributed by atoms with E-state index in [9.17, 15) is 9.18 Å². The highest BCUT2D eigenvalue weighted by molar-refractivity contribution is 6.30. The topological polar surface area (TPSA) is 53.4 Å². The van der Waals surface area contributed by atoms with E-state index < -0.39 is 0 Å². The van der Waals surface area contributed by atoms with E-state index in [1.165, 1.54) is 12.1 Å². The van der Waals surface area contributed by atoms with Crippen molar-refractivity contribution in [3.05, 3.63) is 52.1 Å². The maximum Gasteiger partial charge on any atom is 0.219 e. The largest absolute Gasteiger partial charge is 0.340 e. The molecule has 1 aliphatic heterocycles. The quantitative estimate of drug-likeness (QED) is 0.715. The fourth-order valence-electron chi connectivity index (χ4n) is 3.40. The molecule has 1 amide bonds. The van der Waals surface area contributed by atoms with Gasteiger partial charge in [-0.15, -0.1) is 0 Å². The van der Waals surface area contributed by atoms with E-state index >= 15 is 0 Å². The molecule has 1 fully saturated rings. The number of hydrogen-bond donors (Lipinski definition) is 1. The van der Waals surface area contributed by atoms with E-state index in [0.717, 1.165) is 56.1 Å². The second-order valence-corrected chi connectivity index (χ2v) is 7.52. The number of halogens is 2. The van der Waals surface area contributed by atoms with Crippen LogP contribution in [0.25, 0.3) is 0 Å². The Morgan fingerprint density at radius 3 is 2.54 bits per heavy atom. The van der Waals surface area contributed by atoms with Crippen molar-refractivity contribution in [3.63, 3.8) is 0 Å². The number of aromatic nitrogens is 2. The number of carbonyl (C=O) groups is 1. The van der Waals surface area contributed by atoms with Gasteiger partial charge in [-0.05, 0) is 24.6 Å². The zero-order valence-corrected chi connectivity index (χ0v) is 17.2. The van der Waals surface area contributed by atoms with E-state index in [1.807, 2.05) is 11.8 Å². The van der Waals surface area contributed by atoms with E-state index in [4.69, 9.17) is 11.6 Å². The van der Waals surface area contributed by atoms with Gasteiger partial charge in [0.2, 0.25) is 5.91 Å². The number of nitrogens with one attached hydrogen (secondary N) is 1. The Hall–Kier alpha value is -1.96. The lowest BCUT2D eigenvalue weighted by Gasteiger charge is -2.34. The molecule has 28 heavy (non-hydrogen) atoms. The Labute approximate surface area is 170 Å². The average molecular weight is 408 g/mol. The highest BCUT2D eigenvalue weighted by Gasteiger charge is 2.18. The molecule has 2 heterocycles. The molecule has 1 saturated heterocycles. The second kappa shape index (κ2) is 9.49. The number of hydrogen-bond acceptors (Lipinski definition) is 4. The number of nitrogens with zero attached hydrogens (tertiary/aromatic N) is 4. The Kier molecular flexibility index (Phi) is 7.04. The standard InChI is InChI=1S/C20H27ClFN5O/c1-15-19(13-23-7-8-25-9-11-26(12-10-25)16(2)28)20(21)27(24-15)14-17-3-5-18(22)6-4-17/h3-6,23H,7-14H2,1-2H3. The van der Waals surface area contributed by atoms with Crippen molar-refractivity contribution in [1.29, 1.82) is 0 Å². The van der Waals surface area contributed by atoms with Gasteiger partial charge in [0.05, 0.1) is 12.2 Å². The summed E-state index contributed by atoms with van der Waals surface area (Å²) in [5.41, 5.74) is 2.84. The van der Waals surface area contributed by atoms with Crippen LogP contribution in [0.1, 0.15) is 23.7 Å². The van der Waals surface area contributed by atoms with Gasteiger partial charge in [-0.25, -0.2) is 9.07 Å². The maximum atomic E-state index is 13.1. The molecule has 0 radical (unpaired) electrons. The predicted octanol–water partition coefficient (Wildman–Crippen LogP) is 2.29. The highest BCUT2D eigenvalue weighted by atomic mass is 35.5. The highest BCUT2D eigenvalue weighted by Crippen LogP contribution is 2.21. The minimum atomic E-state index is -0.251. The van der Waals surface area contributed by atoms with E-state index in [2.05, 4.69) is 15.3 Å². The summed E-state index contributed by atoms with van der Waals surface area (Å²) >= 11 is 6.52. The van der Waals surface area contributed by atoms with Gasteiger partial charge >= 0.3 is 0 Å². The number of carbonyl (C=O) groups excluding carboxylic acids is 1. The lowest BCUT2D eigenvalue weighted by molar-refractivity contribution is -0.130. The summed E-state index contributed by atoms with van der Waals surface area (Å²) in [6.45, 7) is 9.96. The first-order valence-corrected chi connectivity index (χ1v) is 9.96. The van der Waals surface area contributed by atoms with Crippen LogP contribution in [-0.4, -0.2) is 64.8 Å². The molecule has 0 atom stereocenters. The lowest BCUT2D eigenvalue weighted by atomic mass is 10.2. The molecular formula is C20H27ClFN5O. The zero-order chi connectivity index (χ0) is 20.1. The molecule has 1 N–H and O–H groups in total. The molecule has 0 saturated carbocycles. The Balaban J connectivity index is 1.46. The van der Waals surface area contributed by atoms with Crippen LogP contribution < -0.4 is 5.32 Å². The van der Waals surface area contributed by atoms with Crippen molar-refractivity contribution in [2.75, 3.05) is 39.3 Å². The van der Waals surface area contributed by atoms with Crippen LogP contribution in [0.15, 0.2) is 24.3 Å². The molecule has 0 unspecified atom stereocenters. The number of amides is 1. The molecular weight excluding hydrogens is 381 g/mol. The molecule has 6 nitrogen and oxygen atoms in total. The van der Waals surface area contributed by atoms with Gasteiger partial charge in [0.15, 0.2) is 0 Å². The number of aryl methyl sites for hydroxylation is 1. The zero-order valence-electron chi connectivity index (χ0n) is 16.4. The van der Waals surface area contributed by atoms with Crippen LogP contribution in [-0.2, 0) is 17.9 Å². The van der Waals surface area contributed by atoms with Gasteiger partial charge in [0, 0.05) is 58.3 Å². The molecule has 1 aromatic heterocycles. The van der Waals surface area contributed by atoms with Gasteiger partial charge in [0.25, 0.3) is 0 Å². The average Bonchev–Trinajstić information content (AvgIpc) is 2.94. The van der Waals surface area contributed by atoms with Crippen LogP contribution in [0, 0.1) is 12.7 Å². The second-order valence-electron chi connectivity index (χ2n) is 7.16. The third kappa shape index (κ3) is 5.31. The summed E-state index contributed by atoms with van der Waals surface area (Å²) in [6, 6.07) is 6.37. The van der Waals surface area contributed by atoms with E-state index in [-0.39, 0.29) is 11.7 Å². The van der Waals surface area contributed by atoms with Crippen molar-refractivity contribution < 1.29 is 9.18 Å². The Bertz CT molecular complexity index is 800. The van der Waals surface area contributed by atoms with E-state index in [1.54, 1.807) is 23.7 Å². The van der Waals surface area contributed by atoms with Crippen LogP contribution in [0.2, 0.25) is 5.15 Å². The maximum absolute atomic E-state index is 13.1. The normalized spacial score (nSPS) is 15.2. The van der Waals surface area contributed by atoms with Crippen molar-refractivity contribution in [3.8, 4) is 0 Å². The van der Waals surface area contributed by atoms with Crippen LogP contribution in [0.4, 0.5) is 4.39 Å². The fraction of sp³-hybridized carbons (Fsp3) is 0.500. The molecule has 2 aromatic rings. The van der Waals surface area contributed by atoms with Crippen molar-refractivity contribution >= 4 is 17.5 Å². The SMILES string of the molecule is CC(=O)N1CCN(CCNCc2c(C)nn(Cc3ccc(F)cc3)c2Cl)CC1. The first-order chi connectivity index (χ1) is 13.4. The first-order valence-electron chi connectivity index (χ1n) is 9.59. The van der Waals surface area contributed by atoms with Gasteiger partial charge in [-0.3, -0.25) is 9.69 Å². The van der Waals surface area contributed by atoms with Gasteiger partial charge in [-0.2, -0.15) is 5.10 Å². The van der Waals surface area contributed by atoms with Gasteiger partial charge in [0.1, 0.15) is 11.0 Å².